The first-order valence-corrected chi connectivity index (χ1v) is 8.49. The monoisotopic (exact) mass is 415 g/mol. The van der Waals surface area contributed by atoms with Crippen LogP contribution < -0.4 is 10.9 Å². The molecule has 7 heteroatoms. The highest BCUT2D eigenvalue weighted by atomic mass is 79.9. The Bertz CT molecular complexity index is 1060. The molecule has 0 saturated carbocycles. The zero-order chi connectivity index (χ0) is 18.7. The fourth-order valence-corrected chi connectivity index (χ4v) is 2.87. The normalized spacial score (nSPS) is 10.5. The van der Waals surface area contributed by atoms with E-state index in [0.29, 0.717) is 27.8 Å². The van der Waals surface area contributed by atoms with Gasteiger partial charge in [0, 0.05) is 40.2 Å². The Morgan fingerprint density at radius 3 is 2.69 bits per heavy atom. The molecule has 1 N–H and O–H groups in total. The van der Waals surface area contributed by atoms with Crippen LogP contribution in [0.25, 0.3) is 11.0 Å². The van der Waals surface area contributed by atoms with E-state index >= 15 is 0 Å². The first-order valence-electron chi connectivity index (χ1n) is 7.69. The summed E-state index contributed by atoms with van der Waals surface area (Å²) in [5.41, 5.74) is 1.17. The largest absolute Gasteiger partial charge is 0.457 e. The molecule has 0 aliphatic rings. The van der Waals surface area contributed by atoms with Gasteiger partial charge in [-0.2, -0.15) is 0 Å². The second kappa shape index (κ2) is 7.53. The van der Waals surface area contributed by atoms with Crippen LogP contribution in [0, 0.1) is 0 Å². The van der Waals surface area contributed by atoms with Crippen molar-refractivity contribution in [2.75, 3.05) is 5.32 Å². The standard InChI is InChI=1S/C19H14BrNO5/c1-11(22)21-15-5-6-16-13(8-18(23)26-17(16)9-15)10-25-19(24)12-3-2-4-14(20)7-12/h2-9H,10H2,1H3,(H,21,22). The average molecular weight is 416 g/mol. The van der Waals surface area contributed by atoms with E-state index in [0.717, 1.165) is 4.47 Å². The molecule has 0 bridgehead atoms. The van der Waals surface area contributed by atoms with Gasteiger partial charge < -0.3 is 14.5 Å². The SMILES string of the molecule is CC(=O)Nc1ccc2c(COC(=O)c3cccc(Br)c3)cc(=O)oc2c1. The van der Waals surface area contributed by atoms with Crippen LogP contribution in [0.1, 0.15) is 22.8 Å². The summed E-state index contributed by atoms with van der Waals surface area (Å²) in [6, 6.07) is 13.1. The van der Waals surface area contributed by atoms with Crippen molar-refractivity contribution in [3.8, 4) is 0 Å². The molecule has 0 radical (unpaired) electrons. The number of rotatable bonds is 4. The lowest BCUT2D eigenvalue weighted by atomic mass is 10.1. The molecule has 0 spiro atoms. The number of carbonyl (C=O) groups excluding carboxylic acids is 2. The van der Waals surface area contributed by atoms with Crippen molar-refractivity contribution in [1.29, 1.82) is 0 Å². The molecule has 0 atom stereocenters. The number of esters is 1. The summed E-state index contributed by atoms with van der Waals surface area (Å²) >= 11 is 3.30. The molecule has 0 aliphatic carbocycles. The van der Waals surface area contributed by atoms with Gasteiger partial charge in [0.2, 0.25) is 5.91 Å². The third-order valence-corrected chi connectivity index (χ3v) is 4.06. The Balaban J connectivity index is 1.86. The predicted molar refractivity (Wildman–Crippen MR) is 100 cm³/mol. The van der Waals surface area contributed by atoms with E-state index < -0.39 is 11.6 Å². The molecular weight excluding hydrogens is 402 g/mol. The van der Waals surface area contributed by atoms with E-state index in [1.807, 2.05) is 0 Å². The Morgan fingerprint density at radius 1 is 1.15 bits per heavy atom. The molecule has 3 rings (SSSR count). The van der Waals surface area contributed by atoms with Crippen molar-refractivity contribution >= 4 is 44.5 Å². The molecule has 2 aromatic carbocycles. The van der Waals surface area contributed by atoms with Gasteiger partial charge in [0.15, 0.2) is 0 Å². The highest BCUT2D eigenvalue weighted by Crippen LogP contribution is 2.22. The first-order chi connectivity index (χ1) is 12.4. The van der Waals surface area contributed by atoms with E-state index in [4.69, 9.17) is 9.15 Å². The minimum Gasteiger partial charge on any atom is -0.457 e. The molecule has 1 heterocycles. The van der Waals surface area contributed by atoms with Gasteiger partial charge in [-0.15, -0.1) is 0 Å². The Labute approximate surface area is 156 Å². The van der Waals surface area contributed by atoms with Gasteiger partial charge in [-0.1, -0.05) is 22.0 Å². The number of halogens is 1. The summed E-state index contributed by atoms with van der Waals surface area (Å²) in [6.07, 6.45) is 0. The second-order valence-electron chi connectivity index (χ2n) is 5.57. The van der Waals surface area contributed by atoms with Crippen molar-refractivity contribution < 1.29 is 18.7 Å². The molecule has 0 saturated heterocycles. The maximum Gasteiger partial charge on any atom is 0.338 e. The van der Waals surface area contributed by atoms with Crippen LogP contribution in [0.3, 0.4) is 0 Å². The molecule has 0 fully saturated rings. The van der Waals surface area contributed by atoms with E-state index in [1.165, 1.54) is 13.0 Å². The van der Waals surface area contributed by atoms with Gasteiger partial charge in [-0.05, 0) is 30.3 Å². The van der Waals surface area contributed by atoms with Gasteiger partial charge in [-0.3, -0.25) is 4.79 Å². The number of amides is 1. The second-order valence-corrected chi connectivity index (χ2v) is 6.48. The lowest BCUT2D eigenvalue weighted by Gasteiger charge is -2.09. The van der Waals surface area contributed by atoms with Gasteiger partial charge in [-0.25, -0.2) is 9.59 Å². The fraction of sp³-hybridized carbons (Fsp3) is 0.105. The Hall–Kier alpha value is -2.93. The summed E-state index contributed by atoms with van der Waals surface area (Å²) in [5, 5.41) is 3.25. The van der Waals surface area contributed by atoms with Crippen molar-refractivity contribution in [3.05, 3.63) is 74.6 Å². The maximum atomic E-state index is 12.2. The third kappa shape index (κ3) is 4.18. The highest BCUT2D eigenvalue weighted by molar-refractivity contribution is 9.10. The minimum atomic E-state index is -0.564. The molecule has 0 aliphatic heterocycles. The maximum absolute atomic E-state index is 12.2. The summed E-state index contributed by atoms with van der Waals surface area (Å²) in [6.45, 7) is 1.31. The Kier molecular flexibility index (Phi) is 5.18. The minimum absolute atomic E-state index is 0.0765. The number of benzene rings is 2. The smallest absolute Gasteiger partial charge is 0.338 e. The summed E-state index contributed by atoms with van der Waals surface area (Å²) in [7, 11) is 0. The number of carbonyl (C=O) groups is 2. The molecular formula is C19H14BrNO5. The van der Waals surface area contributed by atoms with E-state index in [9.17, 15) is 14.4 Å². The lowest BCUT2D eigenvalue weighted by Crippen LogP contribution is -2.09. The number of ether oxygens (including phenoxy) is 1. The van der Waals surface area contributed by atoms with Crippen LogP contribution in [-0.2, 0) is 16.1 Å². The number of anilines is 1. The van der Waals surface area contributed by atoms with Crippen LogP contribution in [0.5, 0.6) is 0 Å². The van der Waals surface area contributed by atoms with Crippen LogP contribution in [0.2, 0.25) is 0 Å². The molecule has 3 aromatic rings. The quantitative estimate of drug-likeness (QED) is 0.516. The summed E-state index contributed by atoms with van der Waals surface area (Å²) in [5.74, 6) is -0.728. The van der Waals surface area contributed by atoms with E-state index in [2.05, 4.69) is 21.2 Å². The Morgan fingerprint density at radius 2 is 1.96 bits per heavy atom. The molecule has 0 unspecified atom stereocenters. The topological polar surface area (TPSA) is 85.6 Å². The van der Waals surface area contributed by atoms with Crippen LogP contribution in [0.4, 0.5) is 5.69 Å². The lowest BCUT2D eigenvalue weighted by molar-refractivity contribution is -0.114. The van der Waals surface area contributed by atoms with Crippen LogP contribution in [0.15, 0.2) is 62.2 Å². The van der Waals surface area contributed by atoms with Crippen LogP contribution in [-0.4, -0.2) is 11.9 Å². The summed E-state index contributed by atoms with van der Waals surface area (Å²) in [4.78, 5) is 35.1. The predicted octanol–water partition coefficient (Wildman–Crippen LogP) is 3.87. The molecule has 26 heavy (non-hydrogen) atoms. The zero-order valence-corrected chi connectivity index (χ0v) is 15.3. The number of hydrogen-bond donors (Lipinski definition) is 1. The average Bonchev–Trinajstić information content (AvgIpc) is 2.58. The van der Waals surface area contributed by atoms with Crippen molar-refractivity contribution in [1.82, 2.24) is 0 Å². The molecule has 132 valence electrons. The van der Waals surface area contributed by atoms with Crippen molar-refractivity contribution in [3.63, 3.8) is 0 Å². The third-order valence-electron chi connectivity index (χ3n) is 3.57. The molecule has 1 amide bonds. The summed E-state index contributed by atoms with van der Waals surface area (Å²) < 4.78 is 11.3. The van der Waals surface area contributed by atoms with E-state index in [1.54, 1.807) is 42.5 Å². The molecule has 6 nitrogen and oxygen atoms in total. The zero-order valence-electron chi connectivity index (χ0n) is 13.7. The first kappa shape index (κ1) is 17.9. The molecule has 1 aromatic heterocycles. The van der Waals surface area contributed by atoms with Gasteiger partial charge in [0.1, 0.15) is 12.2 Å². The van der Waals surface area contributed by atoms with Gasteiger partial charge in [0.05, 0.1) is 5.56 Å². The van der Waals surface area contributed by atoms with E-state index in [-0.39, 0.29) is 12.5 Å². The van der Waals surface area contributed by atoms with Gasteiger partial charge >= 0.3 is 11.6 Å². The number of fused-ring (bicyclic) bond motifs is 1. The van der Waals surface area contributed by atoms with Crippen molar-refractivity contribution in [2.45, 2.75) is 13.5 Å². The van der Waals surface area contributed by atoms with Crippen molar-refractivity contribution in [2.24, 2.45) is 0 Å². The number of hydrogen-bond acceptors (Lipinski definition) is 5. The highest BCUT2D eigenvalue weighted by Gasteiger charge is 2.12. The van der Waals surface area contributed by atoms with Gasteiger partial charge in [0.25, 0.3) is 0 Å². The van der Waals surface area contributed by atoms with Crippen LogP contribution >= 0.6 is 15.9 Å². The fourth-order valence-electron chi connectivity index (χ4n) is 2.47. The number of nitrogens with one attached hydrogen (secondary N) is 1.